The van der Waals surface area contributed by atoms with Crippen molar-refractivity contribution in [2.24, 2.45) is 11.8 Å². The van der Waals surface area contributed by atoms with E-state index in [2.05, 4.69) is 5.32 Å². The molecule has 1 saturated heterocycles. The predicted octanol–water partition coefficient (Wildman–Crippen LogP) is 0.933. The Morgan fingerprint density at radius 2 is 1.88 bits per heavy atom. The van der Waals surface area contributed by atoms with Gasteiger partial charge in [-0.2, -0.15) is 0 Å². The van der Waals surface area contributed by atoms with Crippen LogP contribution in [0.1, 0.15) is 34.6 Å². The van der Waals surface area contributed by atoms with Crippen molar-refractivity contribution >= 4 is 5.91 Å². The minimum Gasteiger partial charge on any atom is -0.389 e. The minimum absolute atomic E-state index is 0.0218. The third-order valence-corrected chi connectivity index (χ3v) is 3.24. The number of aliphatic hydroxyl groups is 1. The van der Waals surface area contributed by atoms with E-state index in [-0.39, 0.29) is 36.5 Å². The second-order valence-electron chi connectivity index (χ2n) is 5.46. The summed E-state index contributed by atoms with van der Waals surface area (Å²) in [5, 5.41) is 12.3. The number of carbonyl (C=O) groups is 1. The number of ether oxygens (including phenoxy) is 1. The largest absolute Gasteiger partial charge is 0.389 e. The van der Waals surface area contributed by atoms with Crippen LogP contribution >= 0.6 is 0 Å². The van der Waals surface area contributed by atoms with E-state index in [4.69, 9.17) is 4.74 Å². The molecular weight excluding hydrogens is 206 g/mol. The van der Waals surface area contributed by atoms with E-state index in [0.29, 0.717) is 0 Å². The van der Waals surface area contributed by atoms with Gasteiger partial charge in [0, 0.05) is 6.54 Å². The fraction of sp³-hybridized carbons (Fsp3) is 0.917. The van der Waals surface area contributed by atoms with Crippen LogP contribution in [0.2, 0.25) is 0 Å². The molecular formula is C12H23NO3. The van der Waals surface area contributed by atoms with Crippen LogP contribution in [0.25, 0.3) is 0 Å². The highest BCUT2D eigenvalue weighted by Gasteiger charge is 2.41. The van der Waals surface area contributed by atoms with E-state index in [0.717, 1.165) is 0 Å². The van der Waals surface area contributed by atoms with E-state index in [9.17, 15) is 9.90 Å². The summed E-state index contributed by atoms with van der Waals surface area (Å²) >= 11 is 0. The molecule has 1 heterocycles. The van der Waals surface area contributed by atoms with E-state index in [1.807, 2.05) is 20.8 Å². The monoisotopic (exact) mass is 229 g/mol. The molecule has 0 aromatic heterocycles. The van der Waals surface area contributed by atoms with Crippen molar-refractivity contribution in [2.45, 2.75) is 52.4 Å². The fourth-order valence-corrected chi connectivity index (χ4v) is 2.14. The van der Waals surface area contributed by atoms with Crippen molar-refractivity contribution in [3.8, 4) is 0 Å². The third-order valence-electron chi connectivity index (χ3n) is 3.24. The van der Waals surface area contributed by atoms with Gasteiger partial charge in [-0.25, -0.2) is 0 Å². The number of carbonyl (C=O) groups excluding carboxylic acids is 1. The lowest BCUT2D eigenvalue weighted by atomic mass is 9.88. The Bertz CT molecular complexity index is 259. The Kier molecular flexibility index (Phi) is 3.97. The quantitative estimate of drug-likeness (QED) is 0.757. The summed E-state index contributed by atoms with van der Waals surface area (Å²) in [6, 6.07) is 0. The van der Waals surface area contributed by atoms with E-state index >= 15 is 0 Å². The number of hydrogen-bond donors (Lipinski definition) is 2. The molecule has 0 bridgehead atoms. The van der Waals surface area contributed by atoms with Gasteiger partial charge < -0.3 is 15.2 Å². The first-order chi connectivity index (χ1) is 7.22. The van der Waals surface area contributed by atoms with Crippen LogP contribution in [0, 0.1) is 11.8 Å². The lowest BCUT2D eigenvalue weighted by Crippen LogP contribution is -2.43. The molecule has 94 valence electrons. The van der Waals surface area contributed by atoms with E-state index in [1.165, 1.54) is 0 Å². The molecule has 16 heavy (non-hydrogen) atoms. The van der Waals surface area contributed by atoms with Crippen LogP contribution in [0.4, 0.5) is 0 Å². The smallest absolute Gasteiger partial charge is 0.226 e. The van der Waals surface area contributed by atoms with Crippen LogP contribution in [0.5, 0.6) is 0 Å². The molecule has 1 rings (SSSR count). The fourth-order valence-electron chi connectivity index (χ4n) is 2.14. The summed E-state index contributed by atoms with van der Waals surface area (Å²) in [5.74, 6) is 0.0839. The van der Waals surface area contributed by atoms with Gasteiger partial charge in [0.2, 0.25) is 5.91 Å². The van der Waals surface area contributed by atoms with Crippen molar-refractivity contribution in [3.05, 3.63) is 0 Å². The summed E-state index contributed by atoms with van der Waals surface area (Å²) in [7, 11) is 0. The molecule has 0 aliphatic carbocycles. The van der Waals surface area contributed by atoms with Crippen molar-refractivity contribution in [1.29, 1.82) is 0 Å². The highest BCUT2D eigenvalue weighted by Crippen LogP contribution is 2.32. The number of hydrogen-bond acceptors (Lipinski definition) is 3. The van der Waals surface area contributed by atoms with Crippen molar-refractivity contribution in [3.63, 3.8) is 0 Å². The van der Waals surface area contributed by atoms with Crippen LogP contribution in [-0.2, 0) is 9.53 Å². The molecule has 1 aliphatic rings. The predicted molar refractivity (Wildman–Crippen MR) is 62.0 cm³/mol. The molecule has 4 atom stereocenters. The van der Waals surface area contributed by atoms with Gasteiger partial charge in [-0.05, 0) is 33.6 Å². The molecule has 4 nitrogen and oxygen atoms in total. The van der Waals surface area contributed by atoms with Gasteiger partial charge >= 0.3 is 0 Å². The molecule has 4 heteroatoms. The topological polar surface area (TPSA) is 58.6 Å². The molecule has 0 aromatic rings. The first-order valence-corrected chi connectivity index (χ1v) is 5.88. The lowest BCUT2D eigenvalue weighted by molar-refractivity contribution is -0.128. The second-order valence-corrected chi connectivity index (χ2v) is 5.46. The normalized spacial score (nSPS) is 35.1. The van der Waals surface area contributed by atoms with E-state index < -0.39 is 5.60 Å². The maximum absolute atomic E-state index is 12.0. The number of rotatable bonds is 3. The first kappa shape index (κ1) is 13.5. The lowest BCUT2D eigenvalue weighted by Gasteiger charge is -2.22. The van der Waals surface area contributed by atoms with Gasteiger partial charge in [0.25, 0.3) is 0 Å². The maximum Gasteiger partial charge on any atom is 0.226 e. The first-order valence-electron chi connectivity index (χ1n) is 5.88. The van der Waals surface area contributed by atoms with Crippen LogP contribution in [0.15, 0.2) is 0 Å². The number of nitrogens with one attached hydrogen (secondary N) is 1. The molecule has 1 aliphatic heterocycles. The average Bonchev–Trinajstić information content (AvgIpc) is 2.36. The Balaban J connectivity index is 2.54. The van der Waals surface area contributed by atoms with Crippen molar-refractivity contribution < 1.29 is 14.6 Å². The Morgan fingerprint density at radius 3 is 2.25 bits per heavy atom. The molecule has 2 N–H and O–H groups in total. The minimum atomic E-state index is -0.868. The highest BCUT2D eigenvalue weighted by atomic mass is 16.5. The van der Waals surface area contributed by atoms with Gasteiger partial charge in [0.05, 0.1) is 23.7 Å². The van der Waals surface area contributed by atoms with Gasteiger partial charge in [0.15, 0.2) is 0 Å². The van der Waals surface area contributed by atoms with E-state index in [1.54, 1.807) is 13.8 Å². The van der Waals surface area contributed by atoms with Crippen LogP contribution in [0.3, 0.4) is 0 Å². The summed E-state index contributed by atoms with van der Waals surface area (Å²) in [4.78, 5) is 12.0. The Morgan fingerprint density at radius 1 is 1.31 bits per heavy atom. The molecule has 4 unspecified atom stereocenters. The second kappa shape index (κ2) is 4.72. The molecule has 1 amide bonds. The molecule has 0 spiro atoms. The van der Waals surface area contributed by atoms with Gasteiger partial charge in [0.1, 0.15) is 0 Å². The Labute approximate surface area is 97.4 Å². The summed E-state index contributed by atoms with van der Waals surface area (Å²) < 4.78 is 5.62. The SMILES string of the molecule is CC1OC(C)C(C(=O)NCC(C)(C)O)C1C. The zero-order valence-corrected chi connectivity index (χ0v) is 10.8. The van der Waals surface area contributed by atoms with Gasteiger partial charge in [-0.3, -0.25) is 4.79 Å². The zero-order valence-electron chi connectivity index (χ0n) is 10.8. The van der Waals surface area contributed by atoms with Crippen molar-refractivity contribution in [2.75, 3.05) is 6.54 Å². The van der Waals surface area contributed by atoms with Crippen molar-refractivity contribution in [1.82, 2.24) is 5.32 Å². The van der Waals surface area contributed by atoms with Crippen LogP contribution in [-0.4, -0.2) is 35.4 Å². The Hall–Kier alpha value is -0.610. The zero-order chi connectivity index (χ0) is 12.5. The third kappa shape index (κ3) is 3.19. The van der Waals surface area contributed by atoms with Gasteiger partial charge in [-0.1, -0.05) is 6.92 Å². The molecule has 1 fully saturated rings. The van der Waals surface area contributed by atoms with Gasteiger partial charge in [-0.15, -0.1) is 0 Å². The molecule has 0 aromatic carbocycles. The standard InChI is InChI=1S/C12H23NO3/c1-7-8(2)16-9(3)10(7)11(14)13-6-12(4,5)15/h7-10,15H,6H2,1-5H3,(H,13,14). The maximum atomic E-state index is 12.0. The summed E-state index contributed by atoms with van der Waals surface area (Å²) in [6.07, 6.45) is 0.0692. The number of amides is 1. The van der Waals surface area contributed by atoms with Crippen LogP contribution < -0.4 is 5.32 Å². The molecule has 0 radical (unpaired) electrons. The summed E-state index contributed by atoms with van der Waals surface area (Å²) in [6.45, 7) is 9.57. The molecule has 0 saturated carbocycles. The highest BCUT2D eigenvalue weighted by molar-refractivity contribution is 5.80. The summed E-state index contributed by atoms with van der Waals surface area (Å²) in [5.41, 5.74) is -0.868. The average molecular weight is 229 g/mol.